The van der Waals surface area contributed by atoms with E-state index in [4.69, 9.17) is 13.9 Å². The maximum atomic E-state index is 12.4. The van der Waals surface area contributed by atoms with Gasteiger partial charge in [-0.25, -0.2) is 5.43 Å². The van der Waals surface area contributed by atoms with Crippen LogP contribution in [0.4, 0.5) is 5.69 Å². The standard InChI is InChI=1S/C25H20IN3O6/c1-2-33-20-7-9-22-18(12-20)13-24(35-22)25(30)28-27-14-16-6-8-23(21(26)11-16)34-15-17-4-3-5-19(10-17)29(31)32/h3-14H,2,15H2,1H3,(H,28,30)/b27-14+. The zero-order valence-corrected chi connectivity index (χ0v) is 20.7. The van der Waals surface area contributed by atoms with Crippen LogP contribution in [0.3, 0.4) is 0 Å². The molecule has 0 atom stereocenters. The number of hydrogen-bond acceptors (Lipinski definition) is 7. The van der Waals surface area contributed by atoms with Gasteiger partial charge in [0.2, 0.25) is 0 Å². The van der Waals surface area contributed by atoms with Crippen molar-refractivity contribution in [1.82, 2.24) is 5.43 Å². The molecule has 0 aliphatic rings. The number of hydrazone groups is 1. The van der Waals surface area contributed by atoms with E-state index in [1.54, 1.807) is 42.5 Å². The number of halogens is 1. The molecule has 35 heavy (non-hydrogen) atoms. The fraction of sp³-hybridized carbons (Fsp3) is 0.120. The van der Waals surface area contributed by atoms with Crippen LogP contribution in [-0.4, -0.2) is 23.7 Å². The second-order valence-corrected chi connectivity index (χ2v) is 8.51. The fourth-order valence-electron chi connectivity index (χ4n) is 3.25. The van der Waals surface area contributed by atoms with Crippen molar-refractivity contribution in [3.63, 3.8) is 0 Å². The normalized spacial score (nSPS) is 11.0. The summed E-state index contributed by atoms with van der Waals surface area (Å²) >= 11 is 2.13. The fourth-order valence-corrected chi connectivity index (χ4v) is 3.94. The number of nitrogens with one attached hydrogen (secondary N) is 1. The van der Waals surface area contributed by atoms with E-state index in [1.165, 1.54) is 18.3 Å². The first kappa shape index (κ1) is 24.2. The number of carbonyl (C=O) groups is 1. The van der Waals surface area contributed by atoms with Crippen LogP contribution < -0.4 is 14.9 Å². The summed E-state index contributed by atoms with van der Waals surface area (Å²) in [6.45, 7) is 2.65. The van der Waals surface area contributed by atoms with Crippen LogP contribution in [-0.2, 0) is 6.61 Å². The predicted octanol–water partition coefficient (Wildman–Crippen LogP) is 5.69. The van der Waals surface area contributed by atoms with E-state index >= 15 is 0 Å². The van der Waals surface area contributed by atoms with Crippen LogP contribution in [0.1, 0.15) is 28.6 Å². The summed E-state index contributed by atoms with van der Waals surface area (Å²) < 4.78 is 17.7. The van der Waals surface area contributed by atoms with E-state index in [2.05, 4.69) is 33.1 Å². The van der Waals surface area contributed by atoms with Gasteiger partial charge in [0.25, 0.3) is 5.69 Å². The lowest BCUT2D eigenvalue weighted by atomic mass is 10.2. The quantitative estimate of drug-likeness (QED) is 0.117. The van der Waals surface area contributed by atoms with E-state index in [1.807, 2.05) is 19.1 Å². The monoisotopic (exact) mass is 585 g/mol. The summed E-state index contributed by atoms with van der Waals surface area (Å²) in [5.41, 5.74) is 4.51. The third-order valence-electron chi connectivity index (χ3n) is 4.87. The van der Waals surface area contributed by atoms with Crippen molar-refractivity contribution in [2.45, 2.75) is 13.5 Å². The van der Waals surface area contributed by atoms with Gasteiger partial charge < -0.3 is 13.9 Å². The highest BCUT2D eigenvalue weighted by Gasteiger charge is 2.12. The number of carbonyl (C=O) groups excluding carboxylic acids is 1. The number of nitro groups is 1. The lowest BCUT2D eigenvalue weighted by Crippen LogP contribution is -2.16. The maximum Gasteiger partial charge on any atom is 0.307 e. The Balaban J connectivity index is 1.36. The third kappa shape index (κ3) is 6.15. The Morgan fingerprint density at radius 1 is 1.14 bits per heavy atom. The van der Waals surface area contributed by atoms with Crippen LogP contribution in [0.5, 0.6) is 11.5 Å². The van der Waals surface area contributed by atoms with Gasteiger partial charge in [0.15, 0.2) is 5.76 Å². The van der Waals surface area contributed by atoms with Crippen molar-refractivity contribution in [3.8, 4) is 11.5 Å². The highest BCUT2D eigenvalue weighted by Crippen LogP contribution is 2.25. The van der Waals surface area contributed by atoms with Crippen LogP contribution in [0.15, 0.2) is 76.2 Å². The smallest absolute Gasteiger partial charge is 0.307 e. The van der Waals surface area contributed by atoms with E-state index in [0.717, 1.165) is 14.5 Å². The minimum atomic E-state index is -0.470. The Bertz CT molecular complexity index is 1420. The third-order valence-corrected chi connectivity index (χ3v) is 5.72. The Hall–Kier alpha value is -3.93. The molecule has 0 radical (unpaired) electrons. The molecule has 10 heteroatoms. The molecule has 0 spiro atoms. The maximum absolute atomic E-state index is 12.4. The number of ether oxygens (including phenoxy) is 2. The van der Waals surface area contributed by atoms with Crippen molar-refractivity contribution >= 4 is 51.4 Å². The van der Waals surface area contributed by atoms with Crippen LogP contribution >= 0.6 is 22.6 Å². The molecule has 0 unspecified atom stereocenters. The number of nitrogens with zero attached hydrogens (tertiary/aromatic N) is 2. The number of non-ortho nitro benzene ring substituents is 1. The molecule has 9 nitrogen and oxygen atoms in total. The molecule has 0 fully saturated rings. The molecule has 3 aromatic carbocycles. The number of rotatable bonds is 9. The van der Waals surface area contributed by atoms with Gasteiger partial charge in [-0.2, -0.15) is 5.10 Å². The Labute approximate surface area is 214 Å². The second kappa shape index (κ2) is 11.0. The first-order valence-corrected chi connectivity index (χ1v) is 11.7. The average Bonchev–Trinajstić information content (AvgIpc) is 3.27. The molecule has 4 aromatic rings. The number of fused-ring (bicyclic) bond motifs is 1. The molecule has 0 saturated carbocycles. The molecule has 0 saturated heterocycles. The predicted molar refractivity (Wildman–Crippen MR) is 139 cm³/mol. The van der Waals surface area contributed by atoms with Gasteiger partial charge in [0.05, 0.1) is 21.3 Å². The van der Waals surface area contributed by atoms with Gasteiger partial charge in [-0.1, -0.05) is 12.1 Å². The summed E-state index contributed by atoms with van der Waals surface area (Å²) in [5.74, 6) is 1.01. The average molecular weight is 585 g/mol. The summed E-state index contributed by atoms with van der Waals surface area (Å²) in [6.07, 6.45) is 1.51. The van der Waals surface area contributed by atoms with Crippen LogP contribution in [0.25, 0.3) is 11.0 Å². The molecule has 4 rings (SSSR count). The minimum Gasteiger partial charge on any atom is -0.494 e. The molecule has 0 aliphatic heterocycles. The van der Waals surface area contributed by atoms with Crippen LogP contribution in [0.2, 0.25) is 0 Å². The van der Waals surface area contributed by atoms with Crippen LogP contribution in [0, 0.1) is 13.7 Å². The molecule has 0 bridgehead atoms. The number of benzene rings is 3. The zero-order valence-electron chi connectivity index (χ0n) is 18.6. The zero-order chi connectivity index (χ0) is 24.8. The highest BCUT2D eigenvalue weighted by atomic mass is 127. The van der Waals surface area contributed by atoms with Gasteiger partial charge >= 0.3 is 5.91 Å². The second-order valence-electron chi connectivity index (χ2n) is 7.35. The largest absolute Gasteiger partial charge is 0.494 e. The van der Waals surface area contributed by atoms with E-state index in [9.17, 15) is 14.9 Å². The summed E-state index contributed by atoms with van der Waals surface area (Å²) in [4.78, 5) is 22.9. The molecule has 1 amide bonds. The number of amides is 1. The highest BCUT2D eigenvalue weighted by molar-refractivity contribution is 14.1. The lowest BCUT2D eigenvalue weighted by molar-refractivity contribution is -0.384. The number of nitro benzene ring substituents is 1. The molecule has 0 aliphatic carbocycles. The van der Waals surface area contributed by atoms with Crippen molar-refractivity contribution in [3.05, 3.63) is 97.3 Å². The first-order chi connectivity index (χ1) is 16.9. The first-order valence-electron chi connectivity index (χ1n) is 10.6. The van der Waals surface area contributed by atoms with Crippen molar-refractivity contribution < 1.29 is 23.6 Å². The van der Waals surface area contributed by atoms with E-state index in [-0.39, 0.29) is 18.1 Å². The van der Waals surface area contributed by atoms with Gasteiger partial charge in [0, 0.05) is 17.5 Å². The molecule has 1 aromatic heterocycles. The lowest BCUT2D eigenvalue weighted by Gasteiger charge is -2.09. The number of furan rings is 1. The Kier molecular flexibility index (Phi) is 7.60. The van der Waals surface area contributed by atoms with E-state index in [0.29, 0.717) is 29.3 Å². The molecule has 1 heterocycles. The van der Waals surface area contributed by atoms with Gasteiger partial charge in [-0.3, -0.25) is 14.9 Å². The van der Waals surface area contributed by atoms with E-state index < -0.39 is 10.8 Å². The van der Waals surface area contributed by atoms with Gasteiger partial charge in [0.1, 0.15) is 23.7 Å². The topological polar surface area (TPSA) is 116 Å². The van der Waals surface area contributed by atoms with Gasteiger partial charge in [-0.05, 0) is 83.1 Å². The number of hydrogen-bond donors (Lipinski definition) is 1. The van der Waals surface area contributed by atoms with Crippen molar-refractivity contribution in [1.29, 1.82) is 0 Å². The minimum absolute atomic E-state index is 0.0207. The van der Waals surface area contributed by atoms with Gasteiger partial charge in [-0.15, -0.1) is 0 Å². The molecular formula is C25H20IN3O6. The molecular weight excluding hydrogens is 565 g/mol. The SMILES string of the molecule is CCOc1ccc2oc(C(=O)N/N=C/c3ccc(OCc4cccc([N+](=O)[O-])c4)c(I)c3)cc2c1. The Morgan fingerprint density at radius 2 is 2.00 bits per heavy atom. The molecule has 1 N–H and O–H groups in total. The summed E-state index contributed by atoms with van der Waals surface area (Å²) in [7, 11) is 0. The van der Waals surface area contributed by atoms with Crippen molar-refractivity contribution in [2.24, 2.45) is 5.10 Å². The summed E-state index contributed by atoms with van der Waals surface area (Å²) in [6, 6.07) is 18.7. The molecule has 178 valence electrons. The van der Waals surface area contributed by atoms with Crippen molar-refractivity contribution in [2.75, 3.05) is 6.61 Å². The summed E-state index contributed by atoms with van der Waals surface area (Å²) in [5, 5.41) is 15.7. The Morgan fingerprint density at radius 3 is 2.77 bits per heavy atom.